The Hall–Kier alpha value is -1.89. The summed E-state index contributed by atoms with van der Waals surface area (Å²) in [6.07, 6.45) is 4.56. The maximum atomic E-state index is 12.3. The summed E-state index contributed by atoms with van der Waals surface area (Å²) in [7, 11) is 0. The van der Waals surface area contributed by atoms with E-state index in [1.165, 1.54) is 0 Å². The lowest BCUT2D eigenvalue weighted by atomic mass is 9.91. The predicted octanol–water partition coefficient (Wildman–Crippen LogP) is 1.60. The van der Waals surface area contributed by atoms with Gasteiger partial charge in [0, 0.05) is 43.7 Å². The highest BCUT2D eigenvalue weighted by Crippen LogP contribution is 2.25. The average molecular weight is 349 g/mol. The minimum atomic E-state index is -0.214. The maximum absolute atomic E-state index is 12.3. The molecule has 1 aromatic heterocycles. The van der Waals surface area contributed by atoms with Gasteiger partial charge in [-0.3, -0.25) is 9.59 Å². The fourth-order valence-electron chi connectivity index (χ4n) is 3.54. The van der Waals surface area contributed by atoms with Crippen LogP contribution >= 0.6 is 0 Å². The Bertz CT molecular complexity index is 620. The number of ether oxygens (including phenoxy) is 1. The van der Waals surface area contributed by atoms with Crippen LogP contribution in [0.4, 0.5) is 0 Å². The fraction of sp³-hybridized carbons (Fsp3) is 0.722. The van der Waals surface area contributed by atoms with Crippen molar-refractivity contribution in [1.29, 1.82) is 0 Å². The molecule has 1 saturated heterocycles. The van der Waals surface area contributed by atoms with E-state index in [2.05, 4.69) is 15.8 Å². The van der Waals surface area contributed by atoms with Crippen molar-refractivity contribution in [2.24, 2.45) is 5.92 Å². The largest absolute Gasteiger partial charge is 0.381 e. The smallest absolute Gasteiger partial charge is 0.273 e. The Morgan fingerprint density at radius 3 is 2.72 bits per heavy atom. The van der Waals surface area contributed by atoms with Gasteiger partial charge in [-0.15, -0.1) is 0 Å². The van der Waals surface area contributed by atoms with Crippen molar-refractivity contribution in [3.8, 4) is 0 Å². The average Bonchev–Trinajstić information content (AvgIpc) is 2.98. The van der Waals surface area contributed by atoms with Gasteiger partial charge in [-0.05, 0) is 45.4 Å². The van der Waals surface area contributed by atoms with Crippen LogP contribution in [0.2, 0.25) is 0 Å². The molecule has 1 fully saturated rings. The van der Waals surface area contributed by atoms with E-state index in [4.69, 9.17) is 9.26 Å². The van der Waals surface area contributed by atoms with E-state index < -0.39 is 0 Å². The van der Waals surface area contributed by atoms with Crippen LogP contribution in [0.1, 0.15) is 61.3 Å². The van der Waals surface area contributed by atoms with Gasteiger partial charge in [-0.2, -0.15) is 0 Å². The lowest BCUT2D eigenvalue weighted by molar-refractivity contribution is -0.123. The zero-order chi connectivity index (χ0) is 17.8. The number of aromatic nitrogens is 1. The third-order valence-electron chi connectivity index (χ3n) is 4.85. The number of nitrogens with zero attached hydrogens (tertiary/aromatic N) is 1. The monoisotopic (exact) mass is 349 g/mol. The summed E-state index contributed by atoms with van der Waals surface area (Å²) < 4.78 is 10.7. The van der Waals surface area contributed by atoms with Gasteiger partial charge in [0.25, 0.3) is 5.91 Å². The van der Waals surface area contributed by atoms with Gasteiger partial charge >= 0.3 is 0 Å². The van der Waals surface area contributed by atoms with Crippen molar-refractivity contribution in [3.63, 3.8) is 0 Å². The first-order valence-corrected chi connectivity index (χ1v) is 9.18. The number of amides is 2. The zero-order valence-electron chi connectivity index (χ0n) is 15.0. The van der Waals surface area contributed by atoms with Gasteiger partial charge in [0.2, 0.25) is 5.91 Å². The molecule has 1 unspecified atom stereocenters. The van der Waals surface area contributed by atoms with E-state index >= 15 is 0 Å². The lowest BCUT2D eigenvalue weighted by Crippen LogP contribution is -2.40. The molecule has 1 aliphatic heterocycles. The Morgan fingerprint density at radius 2 is 2.00 bits per heavy atom. The van der Waals surface area contributed by atoms with Crippen LogP contribution in [-0.4, -0.2) is 42.3 Å². The molecular formula is C18H27N3O4. The molecule has 2 amide bonds. The Kier molecular flexibility index (Phi) is 5.73. The molecule has 0 spiro atoms. The number of rotatable bonds is 5. The van der Waals surface area contributed by atoms with Crippen LogP contribution in [-0.2, 0) is 22.4 Å². The normalized spacial score (nSPS) is 21.0. The van der Waals surface area contributed by atoms with Gasteiger partial charge in [0.1, 0.15) is 5.76 Å². The molecule has 0 saturated carbocycles. The number of hydrogen-bond acceptors (Lipinski definition) is 5. The summed E-state index contributed by atoms with van der Waals surface area (Å²) in [6, 6.07) is 0.0725. The topological polar surface area (TPSA) is 93.5 Å². The number of aryl methyl sites for hydroxylation is 1. The third kappa shape index (κ3) is 4.60. The molecule has 7 heteroatoms. The summed E-state index contributed by atoms with van der Waals surface area (Å²) in [5.41, 5.74) is 1.19. The van der Waals surface area contributed by atoms with Gasteiger partial charge in [0.15, 0.2) is 5.69 Å². The molecule has 138 valence electrons. The van der Waals surface area contributed by atoms with Gasteiger partial charge in [-0.25, -0.2) is 0 Å². The Labute approximate surface area is 147 Å². The molecule has 25 heavy (non-hydrogen) atoms. The third-order valence-corrected chi connectivity index (χ3v) is 4.85. The maximum Gasteiger partial charge on any atom is 0.273 e. The van der Waals surface area contributed by atoms with Crippen LogP contribution in [0, 0.1) is 5.92 Å². The highest BCUT2D eigenvalue weighted by atomic mass is 16.5. The standard InChI is InChI=1S/C18H27N3O4/c1-11(2)19-18(23)17-14-10-13(3-4-15(14)25-21-17)20-16(22)9-12-5-7-24-8-6-12/h11-13H,3-10H2,1-2H3,(H,19,23)(H,20,22). The molecule has 2 N–H and O–H groups in total. The van der Waals surface area contributed by atoms with E-state index in [0.717, 1.165) is 43.8 Å². The van der Waals surface area contributed by atoms with Crippen molar-refractivity contribution in [2.75, 3.05) is 13.2 Å². The van der Waals surface area contributed by atoms with Gasteiger partial charge in [0.05, 0.1) is 0 Å². The molecule has 1 aliphatic carbocycles. The molecule has 1 aromatic rings. The molecule has 7 nitrogen and oxygen atoms in total. The van der Waals surface area contributed by atoms with Crippen molar-refractivity contribution >= 4 is 11.8 Å². The van der Waals surface area contributed by atoms with Crippen LogP contribution in [0.3, 0.4) is 0 Å². The molecule has 2 heterocycles. The Balaban J connectivity index is 1.57. The first-order valence-electron chi connectivity index (χ1n) is 9.18. The second-order valence-electron chi connectivity index (χ2n) is 7.33. The molecule has 0 aromatic carbocycles. The first kappa shape index (κ1) is 17.9. The quantitative estimate of drug-likeness (QED) is 0.842. The predicted molar refractivity (Wildman–Crippen MR) is 91.2 cm³/mol. The first-order chi connectivity index (χ1) is 12.0. The zero-order valence-corrected chi connectivity index (χ0v) is 15.0. The van der Waals surface area contributed by atoms with Crippen molar-refractivity contribution in [2.45, 2.75) is 64.5 Å². The molecule has 0 bridgehead atoms. The van der Waals surface area contributed by atoms with Crippen LogP contribution in [0.5, 0.6) is 0 Å². The highest BCUT2D eigenvalue weighted by Gasteiger charge is 2.30. The molecule has 0 radical (unpaired) electrons. The number of carbonyl (C=O) groups is 2. The minimum Gasteiger partial charge on any atom is -0.381 e. The van der Waals surface area contributed by atoms with E-state index in [0.29, 0.717) is 30.9 Å². The SMILES string of the molecule is CC(C)NC(=O)c1noc2c1CC(NC(=O)CC1CCOCC1)CC2. The molecular weight excluding hydrogens is 322 g/mol. The number of hydrogen-bond donors (Lipinski definition) is 2. The van der Waals surface area contributed by atoms with Crippen LogP contribution < -0.4 is 10.6 Å². The second kappa shape index (κ2) is 7.99. The summed E-state index contributed by atoms with van der Waals surface area (Å²) in [6.45, 7) is 5.31. The van der Waals surface area contributed by atoms with E-state index in [1.54, 1.807) is 0 Å². The number of nitrogens with one attached hydrogen (secondary N) is 2. The van der Waals surface area contributed by atoms with Gasteiger partial charge in [-0.1, -0.05) is 5.16 Å². The second-order valence-corrected chi connectivity index (χ2v) is 7.33. The van der Waals surface area contributed by atoms with Crippen molar-refractivity contribution in [3.05, 3.63) is 17.0 Å². The van der Waals surface area contributed by atoms with E-state index in [1.807, 2.05) is 13.8 Å². The molecule has 1 atom stereocenters. The summed E-state index contributed by atoms with van der Waals surface area (Å²) >= 11 is 0. The summed E-state index contributed by atoms with van der Waals surface area (Å²) in [5.74, 6) is 1.05. The number of carbonyl (C=O) groups excluding carboxylic acids is 2. The highest BCUT2D eigenvalue weighted by molar-refractivity contribution is 5.94. The molecule has 2 aliphatic rings. The number of fused-ring (bicyclic) bond motifs is 1. The van der Waals surface area contributed by atoms with E-state index in [-0.39, 0.29) is 23.9 Å². The van der Waals surface area contributed by atoms with E-state index in [9.17, 15) is 9.59 Å². The van der Waals surface area contributed by atoms with Crippen LogP contribution in [0.15, 0.2) is 4.52 Å². The van der Waals surface area contributed by atoms with Crippen molar-refractivity contribution in [1.82, 2.24) is 15.8 Å². The van der Waals surface area contributed by atoms with Crippen molar-refractivity contribution < 1.29 is 18.8 Å². The Morgan fingerprint density at radius 1 is 1.24 bits per heavy atom. The fourth-order valence-corrected chi connectivity index (χ4v) is 3.54. The summed E-state index contributed by atoms with van der Waals surface area (Å²) in [4.78, 5) is 24.6. The molecule has 3 rings (SSSR count). The van der Waals surface area contributed by atoms with Gasteiger partial charge < -0.3 is 19.9 Å². The minimum absolute atomic E-state index is 0.0323. The van der Waals surface area contributed by atoms with Crippen LogP contribution in [0.25, 0.3) is 0 Å². The lowest BCUT2D eigenvalue weighted by Gasteiger charge is -2.25. The summed E-state index contributed by atoms with van der Waals surface area (Å²) in [5, 5.41) is 9.91.